The van der Waals surface area contributed by atoms with Gasteiger partial charge in [0.15, 0.2) is 0 Å². The van der Waals surface area contributed by atoms with Crippen LogP contribution in [0.3, 0.4) is 0 Å². The van der Waals surface area contributed by atoms with E-state index in [2.05, 4.69) is 10.3 Å². The SMILES string of the molecule is CNc1c(Cc2ccccc2)n(Cc2ccccc2)c(=O)[nH]c1=O. The van der Waals surface area contributed by atoms with E-state index >= 15 is 0 Å². The minimum Gasteiger partial charge on any atom is -0.382 e. The molecule has 1 aromatic heterocycles. The molecule has 3 aromatic rings. The summed E-state index contributed by atoms with van der Waals surface area (Å²) < 4.78 is 1.62. The number of hydrogen-bond donors (Lipinski definition) is 2. The van der Waals surface area contributed by atoms with E-state index in [1.807, 2.05) is 60.7 Å². The lowest BCUT2D eigenvalue weighted by atomic mass is 10.1. The summed E-state index contributed by atoms with van der Waals surface area (Å²) in [6.45, 7) is 0.410. The molecule has 5 nitrogen and oxygen atoms in total. The zero-order valence-electron chi connectivity index (χ0n) is 13.5. The molecule has 2 N–H and O–H groups in total. The summed E-state index contributed by atoms with van der Waals surface area (Å²) in [6, 6.07) is 19.5. The first-order valence-corrected chi connectivity index (χ1v) is 7.80. The average molecular weight is 321 g/mol. The normalized spacial score (nSPS) is 10.5. The van der Waals surface area contributed by atoms with Crippen molar-refractivity contribution < 1.29 is 0 Å². The van der Waals surface area contributed by atoms with Crippen molar-refractivity contribution in [1.29, 1.82) is 0 Å². The molecule has 24 heavy (non-hydrogen) atoms. The van der Waals surface area contributed by atoms with Crippen LogP contribution in [0.2, 0.25) is 0 Å². The third kappa shape index (κ3) is 3.30. The first-order valence-electron chi connectivity index (χ1n) is 7.80. The molecule has 0 aliphatic carbocycles. The van der Waals surface area contributed by atoms with Gasteiger partial charge in [-0.25, -0.2) is 4.79 Å². The van der Waals surface area contributed by atoms with E-state index in [0.717, 1.165) is 11.1 Å². The van der Waals surface area contributed by atoms with Gasteiger partial charge in [0.05, 0.1) is 12.2 Å². The maximum atomic E-state index is 12.4. The highest BCUT2D eigenvalue weighted by Gasteiger charge is 2.14. The molecule has 0 saturated heterocycles. The van der Waals surface area contributed by atoms with Crippen LogP contribution in [0.5, 0.6) is 0 Å². The van der Waals surface area contributed by atoms with Crippen molar-refractivity contribution in [3.8, 4) is 0 Å². The van der Waals surface area contributed by atoms with Gasteiger partial charge in [0.1, 0.15) is 5.69 Å². The monoisotopic (exact) mass is 321 g/mol. The van der Waals surface area contributed by atoms with Gasteiger partial charge >= 0.3 is 5.69 Å². The molecule has 0 saturated carbocycles. The van der Waals surface area contributed by atoms with Crippen LogP contribution in [-0.4, -0.2) is 16.6 Å². The van der Waals surface area contributed by atoms with Crippen LogP contribution in [0.1, 0.15) is 16.8 Å². The Labute approximate surface area is 139 Å². The van der Waals surface area contributed by atoms with Gasteiger partial charge in [-0.1, -0.05) is 60.7 Å². The molecule has 5 heteroatoms. The third-order valence-electron chi connectivity index (χ3n) is 3.95. The Morgan fingerprint density at radius 3 is 2.08 bits per heavy atom. The number of H-pyrrole nitrogens is 1. The third-order valence-corrected chi connectivity index (χ3v) is 3.95. The van der Waals surface area contributed by atoms with Gasteiger partial charge < -0.3 is 5.32 Å². The minimum atomic E-state index is -0.395. The van der Waals surface area contributed by atoms with Crippen LogP contribution in [-0.2, 0) is 13.0 Å². The second-order valence-electron chi connectivity index (χ2n) is 5.57. The Hall–Kier alpha value is -3.08. The zero-order chi connectivity index (χ0) is 16.9. The molecule has 0 aliphatic rings. The molecule has 2 aromatic carbocycles. The Balaban J connectivity index is 2.12. The van der Waals surface area contributed by atoms with Crippen molar-refractivity contribution in [3.63, 3.8) is 0 Å². The Morgan fingerprint density at radius 2 is 1.50 bits per heavy atom. The summed E-state index contributed by atoms with van der Waals surface area (Å²) in [4.78, 5) is 27.0. The maximum Gasteiger partial charge on any atom is 0.328 e. The van der Waals surface area contributed by atoms with E-state index in [0.29, 0.717) is 24.3 Å². The van der Waals surface area contributed by atoms with Crippen molar-refractivity contribution in [2.45, 2.75) is 13.0 Å². The number of anilines is 1. The van der Waals surface area contributed by atoms with Gasteiger partial charge in [-0.2, -0.15) is 0 Å². The number of benzene rings is 2. The largest absolute Gasteiger partial charge is 0.382 e. The second kappa shape index (κ2) is 7.00. The lowest BCUT2D eigenvalue weighted by Gasteiger charge is -2.16. The highest BCUT2D eigenvalue weighted by atomic mass is 16.2. The summed E-state index contributed by atoms with van der Waals surface area (Å²) in [5.41, 5.74) is 2.37. The highest BCUT2D eigenvalue weighted by Crippen LogP contribution is 2.15. The molecule has 0 atom stereocenters. The molecule has 1 heterocycles. The van der Waals surface area contributed by atoms with Crippen LogP contribution in [0.25, 0.3) is 0 Å². The van der Waals surface area contributed by atoms with Gasteiger partial charge in [-0.05, 0) is 11.1 Å². The molecule has 0 fully saturated rings. The number of hydrogen-bond acceptors (Lipinski definition) is 3. The Kier molecular flexibility index (Phi) is 4.61. The number of nitrogens with zero attached hydrogens (tertiary/aromatic N) is 1. The van der Waals surface area contributed by atoms with Crippen molar-refractivity contribution in [2.75, 3.05) is 12.4 Å². The molecule has 0 bridgehead atoms. The summed E-state index contributed by atoms with van der Waals surface area (Å²) in [5, 5.41) is 2.93. The number of aromatic amines is 1. The Bertz CT molecular complexity index is 928. The lowest BCUT2D eigenvalue weighted by molar-refractivity contribution is 0.682. The van der Waals surface area contributed by atoms with Crippen molar-refractivity contribution in [1.82, 2.24) is 9.55 Å². The predicted molar refractivity (Wildman–Crippen MR) is 95.7 cm³/mol. The maximum absolute atomic E-state index is 12.4. The molecular formula is C19H19N3O2. The fourth-order valence-corrected chi connectivity index (χ4v) is 2.78. The van der Waals surface area contributed by atoms with Crippen LogP contribution in [0, 0.1) is 0 Å². The second-order valence-corrected chi connectivity index (χ2v) is 5.57. The molecule has 0 spiro atoms. The van der Waals surface area contributed by atoms with Crippen LogP contribution >= 0.6 is 0 Å². The van der Waals surface area contributed by atoms with Gasteiger partial charge in [0.2, 0.25) is 0 Å². The van der Waals surface area contributed by atoms with Crippen molar-refractivity contribution >= 4 is 5.69 Å². The smallest absolute Gasteiger partial charge is 0.328 e. The van der Waals surface area contributed by atoms with E-state index in [1.165, 1.54) is 0 Å². The molecule has 122 valence electrons. The summed E-state index contributed by atoms with van der Waals surface area (Å²) in [5.74, 6) is 0. The van der Waals surface area contributed by atoms with Gasteiger partial charge in [0.25, 0.3) is 5.56 Å². The lowest BCUT2D eigenvalue weighted by Crippen LogP contribution is -2.35. The molecular weight excluding hydrogens is 302 g/mol. The fraction of sp³-hybridized carbons (Fsp3) is 0.158. The average Bonchev–Trinajstić information content (AvgIpc) is 2.60. The highest BCUT2D eigenvalue weighted by molar-refractivity contribution is 5.47. The number of nitrogens with one attached hydrogen (secondary N) is 2. The molecule has 0 radical (unpaired) electrons. The summed E-state index contributed by atoms with van der Waals surface area (Å²) in [6.07, 6.45) is 0.503. The first kappa shape index (κ1) is 15.8. The van der Waals surface area contributed by atoms with Crippen LogP contribution in [0.4, 0.5) is 5.69 Å². The van der Waals surface area contributed by atoms with Gasteiger partial charge in [-0.15, -0.1) is 0 Å². The predicted octanol–water partition coefficient (Wildman–Crippen LogP) is 2.22. The van der Waals surface area contributed by atoms with E-state index in [4.69, 9.17) is 0 Å². The van der Waals surface area contributed by atoms with Gasteiger partial charge in [-0.3, -0.25) is 14.3 Å². The van der Waals surface area contributed by atoms with Crippen molar-refractivity contribution in [3.05, 3.63) is 98.3 Å². The Morgan fingerprint density at radius 1 is 0.917 bits per heavy atom. The van der Waals surface area contributed by atoms with Crippen molar-refractivity contribution in [2.24, 2.45) is 0 Å². The van der Waals surface area contributed by atoms with E-state index in [-0.39, 0.29) is 0 Å². The topological polar surface area (TPSA) is 66.9 Å². The van der Waals surface area contributed by atoms with Gasteiger partial charge in [0, 0.05) is 13.5 Å². The quantitative estimate of drug-likeness (QED) is 0.757. The molecule has 3 rings (SSSR count). The van der Waals surface area contributed by atoms with E-state index in [9.17, 15) is 9.59 Å². The first-order chi connectivity index (χ1) is 11.7. The van der Waals surface area contributed by atoms with Crippen LogP contribution < -0.4 is 16.6 Å². The fourth-order valence-electron chi connectivity index (χ4n) is 2.78. The number of rotatable bonds is 5. The van der Waals surface area contributed by atoms with E-state index in [1.54, 1.807) is 11.6 Å². The van der Waals surface area contributed by atoms with Crippen LogP contribution in [0.15, 0.2) is 70.3 Å². The summed E-state index contributed by atoms with van der Waals surface area (Å²) >= 11 is 0. The zero-order valence-corrected chi connectivity index (χ0v) is 13.5. The number of aromatic nitrogens is 2. The minimum absolute atomic E-state index is 0.391. The van der Waals surface area contributed by atoms with E-state index < -0.39 is 11.2 Å². The molecule has 0 amide bonds. The molecule has 0 unspecified atom stereocenters. The summed E-state index contributed by atoms with van der Waals surface area (Å²) in [7, 11) is 1.69. The molecule has 0 aliphatic heterocycles. The standard InChI is InChI=1S/C19H19N3O2/c1-20-17-16(12-14-8-4-2-5-9-14)22(19(24)21-18(17)23)13-15-10-6-3-7-11-15/h2-11,20H,12-13H2,1H3,(H,21,23,24).